The minimum atomic E-state index is -3.48. The van der Waals surface area contributed by atoms with Gasteiger partial charge in [-0.15, -0.1) is 0 Å². The molecular weight excluding hydrogens is 376 g/mol. The van der Waals surface area contributed by atoms with E-state index in [0.29, 0.717) is 44.0 Å². The number of hydrogen-bond acceptors (Lipinski definition) is 4. The number of aryl methyl sites for hydroxylation is 1. The van der Waals surface area contributed by atoms with Gasteiger partial charge in [0.05, 0.1) is 4.90 Å². The van der Waals surface area contributed by atoms with Gasteiger partial charge in [0, 0.05) is 45.3 Å². The zero-order valence-corrected chi connectivity index (χ0v) is 17.8. The molecule has 156 valence electrons. The molecule has 0 atom stereocenters. The molecule has 2 aliphatic heterocycles. The van der Waals surface area contributed by atoms with Crippen LogP contribution in [0.1, 0.15) is 51.5 Å². The summed E-state index contributed by atoms with van der Waals surface area (Å²) < 4.78 is 33.0. The number of ether oxygens (including phenoxy) is 1. The lowest BCUT2D eigenvalue weighted by Crippen LogP contribution is -2.53. The molecule has 28 heavy (non-hydrogen) atoms. The monoisotopic (exact) mass is 408 g/mol. The molecule has 0 aliphatic carbocycles. The van der Waals surface area contributed by atoms with Crippen molar-refractivity contribution < 1.29 is 17.9 Å². The second-order valence-electron chi connectivity index (χ2n) is 7.80. The number of carbonyl (C=O) groups excluding carboxylic acids is 1. The zero-order chi connectivity index (χ0) is 20.1. The molecule has 2 heterocycles. The van der Waals surface area contributed by atoms with Gasteiger partial charge < -0.3 is 9.64 Å². The van der Waals surface area contributed by atoms with E-state index in [9.17, 15) is 13.2 Å². The maximum atomic E-state index is 13.0. The molecule has 0 N–H and O–H groups in total. The molecule has 0 bridgehead atoms. The maximum absolute atomic E-state index is 13.0. The van der Waals surface area contributed by atoms with Crippen molar-refractivity contribution >= 4 is 15.9 Å². The van der Waals surface area contributed by atoms with Crippen LogP contribution in [0, 0.1) is 0 Å². The normalized spacial score (nSPS) is 20.2. The first-order chi connectivity index (χ1) is 13.4. The highest BCUT2D eigenvalue weighted by Crippen LogP contribution is 2.27. The maximum Gasteiger partial charge on any atom is 0.243 e. The van der Waals surface area contributed by atoms with E-state index in [4.69, 9.17) is 4.74 Å². The van der Waals surface area contributed by atoms with Gasteiger partial charge in [0.25, 0.3) is 0 Å². The second kappa shape index (κ2) is 9.37. The molecule has 3 rings (SSSR count). The summed E-state index contributed by atoms with van der Waals surface area (Å²) in [5, 5.41) is 0. The number of carbonyl (C=O) groups is 1. The van der Waals surface area contributed by atoms with E-state index in [0.717, 1.165) is 31.2 Å². The average molecular weight is 409 g/mol. The molecule has 0 spiro atoms. The van der Waals surface area contributed by atoms with Crippen molar-refractivity contribution in [2.45, 2.75) is 69.4 Å². The fourth-order valence-electron chi connectivity index (χ4n) is 4.40. The molecule has 7 heteroatoms. The number of benzene rings is 1. The third-order valence-electron chi connectivity index (χ3n) is 5.86. The van der Waals surface area contributed by atoms with Gasteiger partial charge in [-0.25, -0.2) is 8.42 Å². The third kappa shape index (κ3) is 4.75. The summed E-state index contributed by atoms with van der Waals surface area (Å²) >= 11 is 0. The first-order valence-corrected chi connectivity index (χ1v) is 11.8. The van der Waals surface area contributed by atoms with Crippen LogP contribution in [-0.2, 0) is 26.0 Å². The SMILES string of the molecule is CCCc1ccc(S(=O)(=O)N2CCC(N(C(C)=O)C3CCOCC3)CC2)cc1. The van der Waals surface area contributed by atoms with E-state index in [-0.39, 0.29) is 18.0 Å². The zero-order valence-electron chi connectivity index (χ0n) is 17.0. The molecule has 2 fully saturated rings. The molecule has 0 aromatic heterocycles. The van der Waals surface area contributed by atoms with Gasteiger partial charge in [-0.05, 0) is 49.8 Å². The highest BCUT2D eigenvalue weighted by molar-refractivity contribution is 7.89. The van der Waals surface area contributed by atoms with Crippen LogP contribution < -0.4 is 0 Å². The largest absolute Gasteiger partial charge is 0.381 e. The summed E-state index contributed by atoms with van der Waals surface area (Å²) in [6.07, 6.45) is 5.09. The van der Waals surface area contributed by atoms with Crippen molar-refractivity contribution in [3.8, 4) is 0 Å². The van der Waals surface area contributed by atoms with Gasteiger partial charge in [0.15, 0.2) is 0 Å². The first kappa shape index (κ1) is 21.3. The molecule has 0 radical (unpaired) electrons. The van der Waals surface area contributed by atoms with Gasteiger partial charge in [0.2, 0.25) is 15.9 Å². The van der Waals surface area contributed by atoms with Gasteiger partial charge in [-0.3, -0.25) is 4.79 Å². The van der Waals surface area contributed by atoms with Gasteiger partial charge in [-0.1, -0.05) is 25.5 Å². The molecule has 1 amide bonds. The predicted molar refractivity (Wildman–Crippen MR) is 109 cm³/mol. The number of nitrogens with zero attached hydrogens (tertiary/aromatic N) is 2. The van der Waals surface area contributed by atoms with Crippen LogP contribution in [0.3, 0.4) is 0 Å². The molecular formula is C21H32N2O4S. The van der Waals surface area contributed by atoms with Crippen molar-refractivity contribution in [2.75, 3.05) is 26.3 Å². The number of hydrogen-bond donors (Lipinski definition) is 0. The molecule has 1 aromatic rings. The molecule has 1 aromatic carbocycles. The van der Waals surface area contributed by atoms with Crippen LogP contribution in [0.15, 0.2) is 29.2 Å². The van der Waals surface area contributed by atoms with E-state index in [1.165, 1.54) is 0 Å². The molecule has 6 nitrogen and oxygen atoms in total. The standard InChI is InChI=1S/C21H32N2O4S/c1-3-4-18-5-7-21(8-6-18)28(25,26)22-13-9-19(10-14-22)23(17(2)24)20-11-15-27-16-12-20/h5-8,19-20H,3-4,9-16H2,1-2H3. The van der Waals surface area contributed by atoms with Crippen LogP contribution >= 0.6 is 0 Å². The van der Waals surface area contributed by atoms with Crippen LogP contribution in [-0.4, -0.2) is 61.9 Å². The Morgan fingerprint density at radius 1 is 1.07 bits per heavy atom. The van der Waals surface area contributed by atoms with E-state index in [1.807, 2.05) is 17.0 Å². The number of rotatable bonds is 6. The summed E-state index contributed by atoms with van der Waals surface area (Å²) in [4.78, 5) is 14.6. The summed E-state index contributed by atoms with van der Waals surface area (Å²) in [7, 11) is -3.48. The molecule has 2 aliphatic rings. The molecule has 0 saturated carbocycles. The van der Waals surface area contributed by atoms with Crippen molar-refractivity contribution in [3.63, 3.8) is 0 Å². The van der Waals surface area contributed by atoms with Gasteiger partial charge in [-0.2, -0.15) is 4.31 Å². The van der Waals surface area contributed by atoms with Crippen LogP contribution in [0.4, 0.5) is 0 Å². The van der Waals surface area contributed by atoms with E-state index >= 15 is 0 Å². The lowest BCUT2D eigenvalue weighted by Gasteiger charge is -2.43. The smallest absolute Gasteiger partial charge is 0.243 e. The Labute approximate surface area is 168 Å². The Morgan fingerprint density at radius 2 is 1.64 bits per heavy atom. The van der Waals surface area contributed by atoms with Gasteiger partial charge in [0.1, 0.15) is 0 Å². The fourth-order valence-corrected chi connectivity index (χ4v) is 5.87. The minimum Gasteiger partial charge on any atom is -0.381 e. The third-order valence-corrected chi connectivity index (χ3v) is 7.78. The topological polar surface area (TPSA) is 66.9 Å². The van der Waals surface area contributed by atoms with Crippen LogP contribution in [0.25, 0.3) is 0 Å². The van der Waals surface area contributed by atoms with E-state index in [2.05, 4.69) is 6.92 Å². The minimum absolute atomic E-state index is 0.0831. The lowest BCUT2D eigenvalue weighted by molar-refractivity contribution is -0.137. The summed E-state index contributed by atoms with van der Waals surface area (Å²) in [5.74, 6) is 0.0831. The Bertz CT molecular complexity index is 749. The Hall–Kier alpha value is -1.44. The fraction of sp³-hybridized carbons (Fsp3) is 0.667. The number of piperidine rings is 1. The lowest BCUT2D eigenvalue weighted by atomic mass is 9.99. The summed E-state index contributed by atoms with van der Waals surface area (Å²) in [6.45, 7) is 6.02. The Morgan fingerprint density at radius 3 is 2.18 bits per heavy atom. The number of sulfonamides is 1. The summed E-state index contributed by atoms with van der Waals surface area (Å²) in [5.41, 5.74) is 1.16. The van der Waals surface area contributed by atoms with Crippen LogP contribution in [0.5, 0.6) is 0 Å². The van der Waals surface area contributed by atoms with Gasteiger partial charge >= 0.3 is 0 Å². The molecule has 2 saturated heterocycles. The van der Waals surface area contributed by atoms with Crippen molar-refractivity contribution in [2.24, 2.45) is 0 Å². The highest BCUT2D eigenvalue weighted by atomic mass is 32.2. The average Bonchev–Trinajstić information content (AvgIpc) is 2.70. The quantitative estimate of drug-likeness (QED) is 0.726. The van der Waals surface area contributed by atoms with E-state index < -0.39 is 10.0 Å². The number of amides is 1. The van der Waals surface area contributed by atoms with Crippen LogP contribution in [0.2, 0.25) is 0 Å². The van der Waals surface area contributed by atoms with Crippen molar-refractivity contribution in [3.05, 3.63) is 29.8 Å². The summed E-state index contributed by atoms with van der Waals surface area (Å²) in [6, 6.07) is 7.58. The van der Waals surface area contributed by atoms with E-state index in [1.54, 1.807) is 23.4 Å². The predicted octanol–water partition coefficient (Wildman–Crippen LogP) is 2.82. The Balaban J connectivity index is 1.65. The Kier molecular flexibility index (Phi) is 7.12. The van der Waals surface area contributed by atoms with Crippen molar-refractivity contribution in [1.29, 1.82) is 0 Å². The first-order valence-electron chi connectivity index (χ1n) is 10.4. The molecule has 0 unspecified atom stereocenters. The highest BCUT2D eigenvalue weighted by Gasteiger charge is 2.35. The second-order valence-corrected chi connectivity index (χ2v) is 9.74. The van der Waals surface area contributed by atoms with Crippen molar-refractivity contribution in [1.82, 2.24) is 9.21 Å².